The van der Waals surface area contributed by atoms with Crippen molar-refractivity contribution in [1.29, 1.82) is 0 Å². The molecule has 4 heterocycles. The van der Waals surface area contributed by atoms with Gasteiger partial charge in [-0.05, 0) is 68.1 Å². The molecule has 2 aromatic heterocycles. The van der Waals surface area contributed by atoms with Crippen molar-refractivity contribution in [3.05, 3.63) is 48.0 Å². The van der Waals surface area contributed by atoms with Gasteiger partial charge >= 0.3 is 0 Å². The SMILES string of the molecule is CCC1CCCCN1S(=O)(=O)c1ccc(NC(=O)CSc2nnc3c(C)cc4cc5c(cc4n23)OCO5)cc1. The van der Waals surface area contributed by atoms with Crippen LogP contribution in [0.3, 0.4) is 0 Å². The maximum atomic E-state index is 13.2. The first kappa shape index (κ1) is 25.9. The molecule has 0 spiro atoms. The van der Waals surface area contributed by atoms with Crippen LogP contribution in [-0.2, 0) is 14.8 Å². The number of piperidine rings is 1. The fraction of sp³-hybridized carbons (Fsp3) is 0.370. The number of thioether (sulfide) groups is 1. The number of nitrogens with zero attached hydrogens (tertiary/aromatic N) is 4. The van der Waals surface area contributed by atoms with Gasteiger partial charge in [-0.1, -0.05) is 25.1 Å². The van der Waals surface area contributed by atoms with Crippen LogP contribution >= 0.6 is 11.8 Å². The maximum absolute atomic E-state index is 13.2. The molecule has 0 saturated carbocycles. The van der Waals surface area contributed by atoms with Crippen molar-refractivity contribution in [2.45, 2.75) is 55.6 Å². The monoisotopic (exact) mass is 567 g/mol. The van der Waals surface area contributed by atoms with Gasteiger partial charge in [-0.15, -0.1) is 10.2 Å². The first-order chi connectivity index (χ1) is 18.8. The zero-order valence-electron chi connectivity index (χ0n) is 21.7. The number of carbonyl (C=O) groups is 1. The molecule has 4 aromatic rings. The number of ether oxygens (including phenoxy) is 2. The minimum absolute atomic E-state index is 0.0380. The molecule has 2 aromatic carbocycles. The third-order valence-corrected chi connectivity index (χ3v) is 10.1. The van der Waals surface area contributed by atoms with Gasteiger partial charge in [0.2, 0.25) is 22.7 Å². The molecule has 10 nitrogen and oxygen atoms in total. The lowest BCUT2D eigenvalue weighted by atomic mass is 10.0. The van der Waals surface area contributed by atoms with Crippen molar-refractivity contribution in [2.75, 3.05) is 24.4 Å². The summed E-state index contributed by atoms with van der Waals surface area (Å²) in [6.07, 6.45) is 3.62. The lowest BCUT2D eigenvalue weighted by Gasteiger charge is -2.34. The Hall–Kier alpha value is -3.35. The first-order valence-electron chi connectivity index (χ1n) is 13.0. The van der Waals surface area contributed by atoms with E-state index in [2.05, 4.69) is 15.5 Å². The number of pyridine rings is 1. The summed E-state index contributed by atoms with van der Waals surface area (Å²) in [5.41, 5.74) is 3.06. The molecule has 1 unspecified atom stereocenters. The summed E-state index contributed by atoms with van der Waals surface area (Å²) in [5.74, 6) is 1.23. The second-order valence-electron chi connectivity index (χ2n) is 9.77. The third-order valence-electron chi connectivity index (χ3n) is 7.24. The first-order valence-corrected chi connectivity index (χ1v) is 15.4. The van der Waals surface area contributed by atoms with Crippen LogP contribution in [0.1, 0.15) is 38.2 Å². The Labute approximate surface area is 230 Å². The standard InChI is InChI=1S/C27H29N5O5S2/c1-3-20-6-4-5-11-31(20)39(34,35)21-9-7-19(8-10-21)28-25(33)15-38-27-30-29-26-17(2)12-18-13-23-24(37-16-36-23)14-22(18)32(26)27/h7-10,12-14,20H,3-6,11,15-16H2,1-2H3,(H,28,33). The van der Waals surface area contributed by atoms with E-state index < -0.39 is 10.0 Å². The number of hydrogen-bond donors (Lipinski definition) is 1. The predicted molar refractivity (Wildman–Crippen MR) is 149 cm³/mol. The van der Waals surface area contributed by atoms with Gasteiger partial charge in [0.25, 0.3) is 0 Å². The number of rotatable bonds is 7. The predicted octanol–water partition coefficient (Wildman–Crippen LogP) is 4.60. The molecule has 6 rings (SSSR count). The van der Waals surface area contributed by atoms with E-state index in [1.54, 1.807) is 28.6 Å². The Balaban J connectivity index is 1.16. The van der Waals surface area contributed by atoms with Crippen molar-refractivity contribution < 1.29 is 22.7 Å². The molecular weight excluding hydrogens is 538 g/mol. The summed E-state index contributed by atoms with van der Waals surface area (Å²) in [4.78, 5) is 13.0. The summed E-state index contributed by atoms with van der Waals surface area (Å²) >= 11 is 1.27. The molecule has 1 saturated heterocycles. The number of aromatic nitrogens is 3. The average Bonchev–Trinajstić information content (AvgIpc) is 3.58. The Morgan fingerprint density at radius 2 is 1.87 bits per heavy atom. The highest BCUT2D eigenvalue weighted by Gasteiger charge is 2.32. The van der Waals surface area contributed by atoms with Crippen LogP contribution in [0.15, 0.2) is 52.5 Å². The zero-order valence-corrected chi connectivity index (χ0v) is 23.3. The average molecular weight is 568 g/mol. The third kappa shape index (κ3) is 4.81. The number of carbonyl (C=O) groups excluding carboxylic acids is 1. The number of hydrogen-bond acceptors (Lipinski definition) is 8. The fourth-order valence-electron chi connectivity index (χ4n) is 5.26. The molecule has 1 N–H and O–H groups in total. The van der Waals surface area contributed by atoms with Gasteiger partial charge in [-0.25, -0.2) is 8.42 Å². The van der Waals surface area contributed by atoms with Crippen LogP contribution < -0.4 is 14.8 Å². The maximum Gasteiger partial charge on any atom is 0.243 e. The quantitative estimate of drug-likeness (QED) is 0.322. The number of amides is 1. The van der Waals surface area contributed by atoms with E-state index in [9.17, 15) is 13.2 Å². The number of nitrogens with one attached hydrogen (secondary N) is 1. The van der Waals surface area contributed by atoms with E-state index in [4.69, 9.17) is 9.47 Å². The Morgan fingerprint density at radius 1 is 1.10 bits per heavy atom. The fourth-order valence-corrected chi connectivity index (χ4v) is 7.77. The summed E-state index contributed by atoms with van der Waals surface area (Å²) in [7, 11) is -3.57. The van der Waals surface area contributed by atoms with Gasteiger partial charge in [0.15, 0.2) is 22.3 Å². The Morgan fingerprint density at radius 3 is 2.64 bits per heavy atom. The Bertz CT molecular complexity index is 1670. The highest BCUT2D eigenvalue weighted by atomic mass is 32.2. The van der Waals surface area contributed by atoms with Crippen LogP contribution in [-0.4, -0.2) is 58.4 Å². The molecule has 39 heavy (non-hydrogen) atoms. The zero-order chi connectivity index (χ0) is 27.1. The number of fused-ring (bicyclic) bond motifs is 4. The highest BCUT2D eigenvalue weighted by Crippen LogP contribution is 2.37. The van der Waals surface area contributed by atoms with Gasteiger partial charge in [-0.2, -0.15) is 4.31 Å². The molecular formula is C27H29N5O5S2. The normalized spacial score (nSPS) is 17.6. The van der Waals surface area contributed by atoms with Gasteiger partial charge in [0.05, 0.1) is 16.2 Å². The van der Waals surface area contributed by atoms with Gasteiger partial charge in [0, 0.05) is 29.7 Å². The number of benzene rings is 2. The van der Waals surface area contributed by atoms with Crippen LogP contribution in [0.2, 0.25) is 0 Å². The van der Waals surface area contributed by atoms with E-state index in [0.29, 0.717) is 34.5 Å². The van der Waals surface area contributed by atoms with Gasteiger partial charge in [0.1, 0.15) is 0 Å². The van der Waals surface area contributed by atoms with Crippen LogP contribution in [0, 0.1) is 6.92 Å². The summed E-state index contributed by atoms with van der Waals surface area (Å²) in [6.45, 7) is 4.72. The molecule has 2 aliphatic heterocycles. The second kappa shape index (κ2) is 10.3. The molecule has 0 radical (unpaired) electrons. The summed E-state index contributed by atoms with van der Waals surface area (Å²) < 4.78 is 41.1. The van der Waals surface area contributed by atoms with E-state index in [1.165, 1.54) is 11.8 Å². The molecule has 12 heteroatoms. The topological polar surface area (TPSA) is 115 Å². The van der Waals surface area contributed by atoms with Crippen LogP contribution in [0.25, 0.3) is 16.6 Å². The van der Waals surface area contributed by atoms with Crippen molar-refractivity contribution in [3.8, 4) is 11.5 Å². The van der Waals surface area contributed by atoms with Crippen molar-refractivity contribution in [3.63, 3.8) is 0 Å². The summed E-state index contributed by atoms with van der Waals surface area (Å²) in [6, 6.07) is 12.3. The van der Waals surface area contributed by atoms with Crippen LogP contribution in [0.4, 0.5) is 5.69 Å². The molecule has 2 aliphatic rings. The number of sulfonamides is 1. The number of aryl methyl sites for hydroxylation is 1. The molecule has 0 aliphatic carbocycles. The molecule has 1 amide bonds. The smallest absolute Gasteiger partial charge is 0.243 e. The van der Waals surface area contributed by atoms with Crippen LogP contribution in [0.5, 0.6) is 11.5 Å². The van der Waals surface area contributed by atoms with Crippen molar-refractivity contribution >= 4 is 49.9 Å². The number of anilines is 1. The van der Waals surface area contributed by atoms with E-state index in [-0.39, 0.29) is 29.4 Å². The van der Waals surface area contributed by atoms with E-state index in [0.717, 1.165) is 42.1 Å². The minimum Gasteiger partial charge on any atom is -0.454 e. The van der Waals surface area contributed by atoms with E-state index >= 15 is 0 Å². The molecule has 1 fully saturated rings. The van der Waals surface area contributed by atoms with Gasteiger partial charge in [-0.3, -0.25) is 9.20 Å². The summed E-state index contributed by atoms with van der Waals surface area (Å²) in [5, 5.41) is 13.1. The minimum atomic E-state index is -3.57. The van der Waals surface area contributed by atoms with Gasteiger partial charge < -0.3 is 14.8 Å². The lowest BCUT2D eigenvalue weighted by molar-refractivity contribution is -0.113. The molecule has 0 bridgehead atoms. The van der Waals surface area contributed by atoms with Crippen molar-refractivity contribution in [2.24, 2.45) is 0 Å². The van der Waals surface area contributed by atoms with Crippen molar-refractivity contribution in [1.82, 2.24) is 18.9 Å². The lowest BCUT2D eigenvalue weighted by Crippen LogP contribution is -2.43. The molecule has 204 valence electrons. The largest absolute Gasteiger partial charge is 0.454 e. The highest BCUT2D eigenvalue weighted by molar-refractivity contribution is 7.99. The van der Waals surface area contributed by atoms with E-state index in [1.807, 2.05) is 36.4 Å². The Kier molecular flexibility index (Phi) is 6.86. The molecule has 1 atom stereocenters. The second-order valence-corrected chi connectivity index (χ2v) is 12.6.